The van der Waals surface area contributed by atoms with Crippen LogP contribution >= 0.6 is 0 Å². The number of quaternary nitrogens is 1. The number of sulfone groups is 1. The van der Waals surface area contributed by atoms with Crippen molar-refractivity contribution in [2.75, 3.05) is 38.7 Å². The minimum absolute atomic E-state index is 0.00799. The number of Topliss-reactive ketones (excluding diaryl/α,β-unsaturated/α-hetero) is 1. The molecule has 177 valence electrons. The van der Waals surface area contributed by atoms with Gasteiger partial charge in [-0.15, -0.1) is 0 Å². The summed E-state index contributed by atoms with van der Waals surface area (Å²) < 4.78 is 37.0. The van der Waals surface area contributed by atoms with Crippen LogP contribution in [0.2, 0.25) is 0 Å². The zero-order valence-electron chi connectivity index (χ0n) is 18.8. The molecular formula is C24H30N2O6S+. The number of aryl methyl sites for hydroxylation is 1. The average Bonchev–Trinajstić information content (AvgIpc) is 3.34. The summed E-state index contributed by atoms with van der Waals surface area (Å²) in [5.74, 6) is -0.133. The summed E-state index contributed by atoms with van der Waals surface area (Å²) in [5.41, 5.74) is 1.47. The standard InChI is InChI=1S/C24H30N2O6S/c1-18-7-9-21(10-8-18)33(29,30)17-26(12-14-31-15-13-26)24(28)32-20-5-2-4-19(16-20)23(27)22-6-3-11-25-22/h4-5,7-10,16,22,25H,2-3,6,11-15,17H2,1H3/q+1/t22-/m0/s1. The topological polar surface area (TPSA) is 98.8 Å². The predicted octanol–water partition coefficient (Wildman–Crippen LogP) is 2.45. The van der Waals surface area contributed by atoms with Crippen molar-refractivity contribution in [3.63, 3.8) is 0 Å². The van der Waals surface area contributed by atoms with Crippen LogP contribution in [0.4, 0.5) is 4.79 Å². The molecule has 1 aliphatic carbocycles. The van der Waals surface area contributed by atoms with E-state index >= 15 is 0 Å². The Bertz CT molecular complexity index is 1060. The van der Waals surface area contributed by atoms with Gasteiger partial charge in [0.25, 0.3) is 0 Å². The van der Waals surface area contributed by atoms with Gasteiger partial charge in [0.15, 0.2) is 11.7 Å². The number of allylic oxidation sites excluding steroid dienone is 2. The number of nitrogens with zero attached hydrogens (tertiary/aromatic N) is 1. The SMILES string of the molecule is Cc1ccc(S(=O)(=O)C[N+]2(C(=O)OC3=CC[CH]C(C(=O)[C@@H]4CCCN4)=C3)CCOCC2)cc1. The van der Waals surface area contributed by atoms with E-state index in [1.807, 2.05) is 13.3 Å². The minimum atomic E-state index is -3.74. The van der Waals surface area contributed by atoms with E-state index in [0.717, 1.165) is 24.9 Å². The zero-order valence-corrected chi connectivity index (χ0v) is 19.6. The molecule has 0 unspecified atom stereocenters. The number of nitrogens with one attached hydrogen (secondary N) is 1. The first-order valence-electron chi connectivity index (χ1n) is 11.3. The van der Waals surface area contributed by atoms with Gasteiger partial charge in [-0.3, -0.25) is 4.79 Å². The van der Waals surface area contributed by atoms with Crippen LogP contribution in [-0.2, 0) is 24.1 Å². The van der Waals surface area contributed by atoms with Crippen LogP contribution in [0.5, 0.6) is 0 Å². The quantitative estimate of drug-likeness (QED) is 0.633. The van der Waals surface area contributed by atoms with Crippen LogP contribution in [0.25, 0.3) is 0 Å². The van der Waals surface area contributed by atoms with E-state index in [4.69, 9.17) is 9.47 Å². The largest absolute Gasteiger partial charge is 0.522 e. The summed E-state index contributed by atoms with van der Waals surface area (Å²) in [6.07, 6.45) is 6.69. The number of rotatable bonds is 6. The zero-order chi connectivity index (χ0) is 23.5. The molecule has 1 aromatic carbocycles. The summed E-state index contributed by atoms with van der Waals surface area (Å²) in [6, 6.07) is 6.38. The van der Waals surface area contributed by atoms with Gasteiger partial charge in [-0.1, -0.05) is 17.7 Å². The Balaban J connectivity index is 1.52. The second kappa shape index (κ2) is 9.89. The highest BCUT2D eigenvalue weighted by atomic mass is 32.2. The first kappa shape index (κ1) is 23.8. The molecule has 1 radical (unpaired) electrons. The Labute approximate surface area is 194 Å². The fourth-order valence-electron chi connectivity index (χ4n) is 4.33. The molecule has 2 heterocycles. The lowest BCUT2D eigenvalue weighted by Crippen LogP contribution is -2.60. The molecule has 4 rings (SSSR count). The van der Waals surface area contributed by atoms with E-state index in [9.17, 15) is 18.0 Å². The van der Waals surface area contributed by atoms with Gasteiger partial charge in [-0.2, -0.15) is 4.79 Å². The molecule has 9 heteroatoms. The highest BCUT2D eigenvalue weighted by Crippen LogP contribution is 2.26. The number of hydrogen-bond donors (Lipinski definition) is 1. The molecule has 0 saturated carbocycles. The van der Waals surface area contributed by atoms with Gasteiger partial charge < -0.3 is 14.8 Å². The third-order valence-electron chi connectivity index (χ3n) is 6.33. The molecule has 33 heavy (non-hydrogen) atoms. The third-order valence-corrected chi connectivity index (χ3v) is 8.16. The third kappa shape index (κ3) is 5.43. The smallest absolute Gasteiger partial charge is 0.381 e. The Morgan fingerprint density at radius 1 is 1.18 bits per heavy atom. The van der Waals surface area contributed by atoms with Gasteiger partial charge >= 0.3 is 6.09 Å². The van der Waals surface area contributed by atoms with Crippen molar-refractivity contribution in [1.29, 1.82) is 0 Å². The van der Waals surface area contributed by atoms with Crippen molar-refractivity contribution in [2.24, 2.45) is 0 Å². The summed E-state index contributed by atoms with van der Waals surface area (Å²) in [5, 5.41) is 3.19. The number of ether oxygens (including phenoxy) is 2. The first-order chi connectivity index (χ1) is 15.8. The molecule has 1 amide bonds. The van der Waals surface area contributed by atoms with E-state index in [-0.39, 0.29) is 53.3 Å². The molecule has 2 saturated heterocycles. The normalized spacial score (nSPS) is 22.9. The molecule has 1 atom stereocenters. The second-order valence-corrected chi connectivity index (χ2v) is 10.7. The number of carbonyl (C=O) groups excluding carboxylic acids is 2. The predicted molar refractivity (Wildman–Crippen MR) is 122 cm³/mol. The van der Waals surface area contributed by atoms with Crippen molar-refractivity contribution in [1.82, 2.24) is 5.32 Å². The Hall–Kier alpha value is -2.33. The molecule has 1 N–H and O–H groups in total. The second-order valence-electron chi connectivity index (χ2n) is 8.79. The monoisotopic (exact) mass is 474 g/mol. The molecular weight excluding hydrogens is 444 g/mol. The number of carbonyl (C=O) groups is 2. The molecule has 1 aromatic rings. The number of morpholine rings is 1. The lowest BCUT2D eigenvalue weighted by Gasteiger charge is -2.36. The molecule has 0 aromatic heterocycles. The molecule has 2 fully saturated rings. The van der Waals surface area contributed by atoms with Crippen molar-refractivity contribution in [3.8, 4) is 0 Å². The summed E-state index contributed by atoms with van der Waals surface area (Å²) in [6.45, 7) is 3.62. The maximum Gasteiger partial charge on any atom is 0.522 e. The lowest BCUT2D eigenvalue weighted by atomic mass is 9.95. The maximum atomic E-state index is 13.3. The Morgan fingerprint density at radius 2 is 1.91 bits per heavy atom. The van der Waals surface area contributed by atoms with Gasteiger partial charge in [-0.25, -0.2) is 12.9 Å². The fourth-order valence-corrected chi connectivity index (χ4v) is 6.04. The van der Waals surface area contributed by atoms with E-state index in [2.05, 4.69) is 5.32 Å². The summed E-state index contributed by atoms with van der Waals surface area (Å²) in [4.78, 5) is 26.2. The van der Waals surface area contributed by atoms with E-state index in [1.165, 1.54) is 0 Å². The Kier molecular flexibility index (Phi) is 7.13. The van der Waals surface area contributed by atoms with E-state index in [1.54, 1.807) is 36.4 Å². The number of hydrogen-bond acceptors (Lipinski definition) is 7. The number of benzene rings is 1. The molecule has 0 spiro atoms. The van der Waals surface area contributed by atoms with Crippen LogP contribution in [-0.4, -0.2) is 69.5 Å². The van der Waals surface area contributed by atoms with Crippen LogP contribution in [0, 0.1) is 13.3 Å². The average molecular weight is 475 g/mol. The van der Waals surface area contributed by atoms with Crippen LogP contribution in [0.1, 0.15) is 24.8 Å². The van der Waals surface area contributed by atoms with Crippen molar-refractivity contribution < 1.29 is 32.0 Å². The number of ketones is 1. The molecule has 8 nitrogen and oxygen atoms in total. The molecule has 3 aliphatic rings. The highest BCUT2D eigenvalue weighted by Gasteiger charge is 2.45. The van der Waals surface area contributed by atoms with Crippen molar-refractivity contribution >= 4 is 21.7 Å². The number of amides is 1. The van der Waals surface area contributed by atoms with Crippen LogP contribution in [0.15, 0.2) is 52.6 Å². The molecule has 2 aliphatic heterocycles. The summed E-state index contributed by atoms with van der Waals surface area (Å²) in [7, 11) is -3.74. The van der Waals surface area contributed by atoms with Crippen molar-refractivity contribution in [3.05, 3.63) is 59.7 Å². The van der Waals surface area contributed by atoms with Crippen molar-refractivity contribution in [2.45, 2.75) is 37.1 Å². The van der Waals surface area contributed by atoms with Gasteiger partial charge in [0, 0.05) is 5.57 Å². The van der Waals surface area contributed by atoms with Crippen LogP contribution < -0.4 is 5.32 Å². The van der Waals surface area contributed by atoms with Gasteiger partial charge in [0.05, 0.1) is 24.2 Å². The van der Waals surface area contributed by atoms with E-state index < -0.39 is 21.8 Å². The van der Waals surface area contributed by atoms with Gasteiger partial charge in [0.1, 0.15) is 18.8 Å². The first-order valence-corrected chi connectivity index (χ1v) is 12.9. The van der Waals surface area contributed by atoms with Gasteiger partial charge in [-0.05, 0) is 63.4 Å². The van der Waals surface area contributed by atoms with Crippen LogP contribution in [0.3, 0.4) is 0 Å². The highest BCUT2D eigenvalue weighted by molar-refractivity contribution is 7.91. The van der Waals surface area contributed by atoms with E-state index in [0.29, 0.717) is 12.0 Å². The lowest BCUT2D eigenvalue weighted by molar-refractivity contribution is -0.854. The fraction of sp³-hybridized carbons (Fsp3) is 0.458. The van der Waals surface area contributed by atoms with Gasteiger partial charge in [0.2, 0.25) is 9.84 Å². The maximum absolute atomic E-state index is 13.3. The summed E-state index contributed by atoms with van der Waals surface area (Å²) >= 11 is 0. The molecule has 0 bridgehead atoms. The Morgan fingerprint density at radius 3 is 2.58 bits per heavy atom. The minimum Gasteiger partial charge on any atom is -0.381 e.